The quantitative estimate of drug-likeness (QED) is 0.531. The molecule has 4 rings (SSSR count). The van der Waals surface area contributed by atoms with Gasteiger partial charge < -0.3 is 0 Å². The van der Waals surface area contributed by atoms with Crippen molar-refractivity contribution in [2.24, 2.45) is 5.14 Å². The Kier molecular flexibility index (Phi) is 6.26. The highest BCUT2D eigenvalue weighted by molar-refractivity contribution is 7.98. The van der Waals surface area contributed by atoms with Crippen molar-refractivity contribution in [3.05, 3.63) is 54.0 Å². The van der Waals surface area contributed by atoms with Gasteiger partial charge in [-0.05, 0) is 61.1 Å². The molecule has 2 aromatic carbocycles. The second kappa shape index (κ2) is 8.81. The number of nitrogens with two attached hydrogens (primary N) is 1. The zero-order valence-electron chi connectivity index (χ0n) is 17.4. The van der Waals surface area contributed by atoms with Crippen LogP contribution >= 0.6 is 23.1 Å². The number of primary sulfonamides is 1. The highest BCUT2D eigenvalue weighted by atomic mass is 32.2. The van der Waals surface area contributed by atoms with Crippen LogP contribution in [0.3, 0.4) is 0 Å². The first-order valence-corrected chi connectivity index (χ1v) is 13.3. The second-order valence-electron chi connectivity index (χ2n) is 7.25. The van der Waals surface area contributed by atoms with Crippen LogP contribution < -0.4 is 14.9 Å². The Morgan fingerprint density at radius 2 is 1.81 bits per heavy atom. The number of hydrogen-bond acceptors (Lipinski definition) is 6. The molecule has 1 aliphatic heterocycles. The maximum absolute atomic E-state index is 13.8. The maximum atomic E-state index is 13.8. The molecule has 0 bridgehead atoms. The van der Waals surface area contributed by atoms with Crippen molar-refractivity contribution in [1.82, 2.24) is 4.98 Å². The molecule has 2 N–H and O–H groups in total. The number of aryl methyl sites for hydroxylation is 1. The molecular formula is C21H21FN4O3S3. The van der Waals surface area contributed by atoms with Crippen molar-refractivity contribution in [2.75, 3.05) is 29.1 Å². The highest BCUT2D eigenvalue weighted by Gasteiger charge is 2.31. The predicted octanol–water partition coefficient (Wildman–Crippen LogP) is 4.46. The van der Waals surface area contributed by atoms with Gasteiger partial charge in [0, 0.05) is 23.7 Å². The minimum Gasteiger partial charge on any atom is -0.294 e. The van der Waals surface area contributed by atoms with Gasteiger partial charge in [-0.3, -0.25) is 9.80 Å². The van der Waals surface area contributed by atoms with Crippen molar-refractivity contribution in [3.8, 4) is 11.1 Å². The fourth-order valence-corrected chi connectivity index (χ4v) is 6.18. The van der Waals surface area contributed by atoms with E-state index >= 15 is 0 Å². The first-order valence-electron chi connectivity index (χ1n) is 9.72. The molecule has 3 aromatic rings. The summed E-state index contributed by atoms with van der Waals surface area (Å²) in [4.78, 5) is 21.5. The van der Waals surface area contributed by atoms with Crippen LogP contribution in [0.4, 0.5) is 20.0 Å². The summed E-state index contributed by atoms with van der Waals surface area (Å²) in [7, 11) is -3.90. The molecule has 2 heterocycles. The minimum absolute atomic E-state index is 0.0403. The number of urea groups is 1. The van der Waals surface area contributed by atoms with Crippen LogP contribution in [0, 0.1) is 12.7 Å². The van der Waals surface area contributed by atoms with E-state index in [1.807, 2.05) is 30.5 Å². The predicted molar refractivity (Wildman–Crippen MR) is 127 cm³/mol. The largest absolute Gasteiger partial charge is 0.330 e. The average Bonchev–Trinajstić information content (AvgIpc) is 3.16. The summed E-state index contributed by atoms with van der Waals surface area (Å²) in [6.07, 6.45) is 2.63. The van der Waals surface area contributed by atoms with E-state index in [0.717, 1.165) is 27.4 Å². The molecule has 1 aromatic heterocycles. The summed E-state index contributed by atoms with van der Waals surface area (Å²) >= 11 is 2.43. The van der Waals surface area contributed by atoms with Gasteiger partial charge in [-0.15, -0.1) is 11.8 Å². The number of amides is 2. The molecule has 0 saturated carbocycles. The molecule has 0 radical (unpaired) electrons. The van der Waals surface area contributed by atoms with Crippen molar-refractivity contribution >= 4 is 50.0 Å². The SMILES string of the molecule is CSc1ccc(F)cc1-c1ccc(N2CCCN(c3nc(C)c(S(N)(=O)=O)s3)C2=O)cc1. The van der Waals surface area contributed by atoms with Gasteiger partial charge in [0.15, 0.2) is 9.34 Å². The average molecular weight is 493 g/mol. The molecule has 0 aliphatic carbocycles. The van der Waals surface area contributed by atoms with E-state index in [4.69, 9.17) is 5.14 Å². The number of rotatable bonds is 5. The number of sulfonamides is 1. The molecule has 32 heavy (non-hydrogen) atoms. The number of hydrogen-bond donors (Lipinski definition) is 1. The molecule has 0 unspecified atom stereocenters. The van der Waals surface area contributed by atoms with Crippen molar-refractivity contribution in [2.45, 2.75) is 22.4 Å². The van der Waals surface area contributed by atoms with E-state index in [-0.39, 0.29) is 21.8 Å². The van der Waals surface area contributed by atoms with Crippen LogP contribution in [0.2, 0.25) is 0 Å². The third kappa shape index (κ3) is 4.38. The van der Waals surface area contributed by atoms with Crippen LogP contribution in [-0.4, -0.2) is 38.8 Å². The Morgan fingerprint density at radius 1 is 1.12 bits per heavy atom. The number of anilines is 2. The van der Waals surface area contributed by atoms with E-state index in [1.54, 1.807) is 17.9 Å². The fourth-order valence-electron chi connectivity index (χ4n) is 3.62. The van der Waals surface area contributed by atoms with E-state index in [2.05, 4.69) is 4.98 Å². The van der Waals surface area contributed by atoms with Gasteiger partial charge in [0.1, 0.15) is 5.82 Å². The first-order chi connectivity index (χ1) is 15.2. The summed E-state index contributed by atoms with van der Waals surface area (Å²) in [6.45, 7) is 2.52. The molecule has 1 aliphatic rings. The normalized spacial score (nSPS) is 14.8. The third-order valence-corrected chi connectivity index (χ3v) is 8.64. The topological polar surface area (TPSA) is 96.6 Å². The molecule has 2 amide bonds. The molecule has 0 atom stereocenters. The van der Waals surface area contributed by atoms with Crippen LogP contribution in [0.25, 0.3) is 11.1 Å². The molecule has 0 spiro atoms. The number of carbonyl (C=O) groups excluding carboxylic acids is 1. The maximum Gasteiger partial charge on any atom is 0.330 e. The first kappa shape index (κ1) is 22.7. The molecule has 11 heteroatoms. The Morgan fingerprint density at radius 3 is 2.44 bits per heavy atom. The molecule has 7 nitrogen and oxygen atoms in total. The zero-order valence-corrected chi connectivity index (χ0v) is 19.9. The summed E-state index contributed by atoms with van der Waals surface area (Å²) < 4.78 is 37.2. The monoisotopic (exact) mass is 492 g/mol. The summed E-state index contributed by atoms with van der Waals surface area (Å²) in [6, 6.07) is 11.8. The summed E-state index contributed by atoms with van der Waals surface area (Å²) in [5.41, 5.74) is 2.63. The highest BCUT2D eigenvalue weighted by Crippen LogP contribution is 2.34. The Balaban J connectivity index is 1.61. The van der Waals surface area contributed by atoms with Crippen molar-refractivity contribution in [1.29, 1.82) is 0 Å². The number of aromatic nitrogens is 1. The molecule has 1 fully saturated rings. The molecule has 1 saturated heterocycles. The van der Waals surface area contributed by atoms with E-state index in [1.165, 1.54) is 28.8 Å². The Labute approximate surface area is 194 Å². The summed E-state index contributed by atoms with van der Waals surface area (Å²) in [5.74, 6) is -0.304. The zero-order chi connectivity index (χ0) is 23.0. The lowest BCUT2D eigenvalue weighted by Crippen LogP contribution is -2.49. The van der Waals surface area contributed by atoms with Crippen LogP contribution in [-0.2, 0) is 10.0 Å². The minimum atomic E-state index is -3.90. The van der Waals surface area contributed by atoms with Gasteiger partial charge in [-0.2, -0.15) is 0 Å². The smallest absolute Gasteiger partial charge is 0.294 e. The van der Waals surface area contributed by atoms with Gasteiger partial charge in [0.2, 0.25) is 10.0 Å². The Bertz CT molecular complexity index is 1280. The van der Waals surface area contributed by atoms with E-state index in [0.29, 0.717) is 30.3 Å². The number of thioether (sulfide) groups is 1. The van der Waals surface area contributed by atoms with Gasteiger partial charge in [0.25, 0.3) is 0 Å². The number of carbonyl (C=O) groups is 1. The molecule has 168 valence electrons. The lowest BCUT2D eigenvalue weighted by Gasteiger charge is -2.34. The lowest BCUT2D eigenvalue weighted by atomic mass is 10.0. The van der Waals surface area contributed by atoms with Crippen LogP contribution in [0.15, 0.2) is 51.6 Å². The van der Waals surface area contributed by atoms with E-state index in [9.17, 15) is 17.6 Å². The van der Waals surface area contributed by atoms with Crippen LogP contribution in [0.1, 0.15) is 12.1 Å². The third-order valence-electron chi connectivity index (χ3n) is 5.11. The number of benzene rings is 2. The summed E-state index contributed by atoms with van der Waals surface area (Å²) in [5, 5.41) is 5.56. The molecular weight excluding hydrogens is 471 g/mol. The second-order valence-corrected chi connectivity index (χ2v) is 10.8. The fraction of sp³-hybridized carbons (Fsp3) is 0.238. The van der Waals surface area contributed by atoms with Crippen molar-refractivity contribution < 1.29 is 17.6 Å². The van der Waals surface area contributed by atoms with Gasteiger partial charge >= 0.3 is 6.03 Å². The van der Waals surface area contributed by atoms with Crippen LogP contribution in [0.5, 0.6) is 0 Å². The number of nitrogens with zero attached hydrogens (tertiary/aromatic N) is 3. The number of thiazole rings is 1. The standard InChI is InChI=1S/C21H21FN4O3S3/c1-13-19(32(23,28)29)31-20(24-13)26-11-3-10-25(21(26)27)16-7-4-14(5-8-16)17-12-15(22)6-9-18(17)30-2/h4-9,12H,3,10-11H2,1-2H3,(H2,23,28,29). The van der Waals surface area contributed by atoms with Gasteiger partial charge in [-0.25, -0.2) is 27.7 Å². The van der Waals surface area contributed by atoms with Gasteiger partial charge in [-0.1, -0.05) is 23.5 Å². The number of halogens is 1. The Hall–Kier alpha value is -2.47. The van der Waals surface area contributed by atoms with Crippen molar-refractivity contribution in [3.63, 3.8) is 0 Å². The van der Waals surface area contributed by atoms with E-state index < -0.39 is 10.0 Å². The lowest BCUT2D eigenvalue weighted by molar-refractivity contribution is 0.248. The van der Waals surface area contributed by atoms with Gasteiger partial charge in [0.05, 0.1) is 5.69 Å².